The van der Waals surface area contributed by atoms with Crippen molar-refractivity contribution >= 4 is 22.6 Å². The lowest BCUT2D eigenvalue weighted by molar-refractivity contribution is -0.151. The average molecular weight is 607 g/mol. The number of esters is 1. The second-order valence-electron chi connectivity index (χ2n) is 15.6. The van der Waals surface area contributed by atoms with Gasteiger partial charge in [0.1, 0.15) is 6.10 Å². The van der Waals surface area contributed by atoms with Crippen LogP contribution in [0.4, 0.5) is 0 Å². The van der Waals surface area contributed by atoms with Gasteiger partial charge in [-0.3, -0.25) is 4.79 Å². The van der Waals surface area contributed by atoms with E-state index in [0.717, 1.165) is 38.5 Å². The standard InChI is InChI=1S/C35H66O4Si2/c1-15-18-20-23-32(36)37-30-27-31(38-40(11,12)33(4,5)6)29(28(30)22-17-3)24-26-35(10,25-21-19-16-2)39-41(13,14)34(7,8)9/h15,17,24,26,28-31H,1,3,16,18-23,25,27H2,2,4-14H3/b26-24+/t28-,29-,30+,31?,35-/m1/s1. The Kier molecular flexibility index (Phi) is 14.6. The van der Waals surface area contributed by atoms with Crippen LogP contribution in [0, 0.1) is 11.8 Å². The first kappa shape index (κ1) is 38.1. The Balaban J connectivity index is 3.48. The quantitative estimate of drug-likeness (QED) is 0.0715. The molecule has 0 spiro atoms. The fourth-order valence-corrected chi connectivity index (χ4v) is 8.24. The molecule has 0 saturated heterocycles. The van der Waals surface area contributed by atoms with Crippen LogP contribution in [-0.4, -0.2) is 40.4 Å². The van der Waals surface area contributed by atoms with E-state index in [9.17, 15) is 4.79 Å². The van der Waals surface area contributed by atoms with Gasteiger partial charge >= 0.3 is 5.97 Å². The van der Waals surface area contributed by atoms with Gasteiger partial charge in [0.2, 0.25) is 0 Å². The highest BCUT2D eigenvalue weighted by atomic mass is 28.4. The molecule has 0 radical (unpaired) electrons. The van der Waals surface area contributed by atoms with Crippen LogP contribution in [0.5, 0.6) is 0 Å². The molecule has 1 aliphatic carbocycles. The Labute approximate surface area is 257 Å². The maximum atomic E-state index is 12.8. The van der Waals surface area contributed by atoms with E-state index in [1.54, 1.807) is 0 Å². The molecular formula is C35H66O4Si2. The van der Waals surface area contributed by atoms with Crippen molar-refractivity contribution in [3.63, 3.8) is 0 Å². The highest BCUT2D eigenvalue weighted by Crippen LogP contribution is 2.46. The van der Waals surface area contributed by atoms with Gasteiger partial charge in [-0.15, -0.1) is 13.2 Å². The molecule has 0 aromatic rings. The Bertz CT molecular complexity index is 864. The number of ether oxygens (including phenoxy) is 1. The number of rotatable bonds is 17. The third-order valence-electron chi connectivity index (χ3n) is 9.87. The zero-order valence-electron chi connectivity index (χ0n) is 29.0. The second-order valence-corrected chi connectivity index (χ2v) is 25.1. The van der Waals surface area contributed by atoms with Gasteiger partial charge in [0.25, 0.3) is 0 Å². The first-order valence-corrected chi connectivity index (χ1v) is 22.0. The lowest BCUT2D eigenvalue weighted by atomic mass is 9.88. The lowest BCUT2D eigenvalue weighted by Crippen LogP contribution is -2.48. The van der Waals surface area contributed by atoms with Crippen LogP contribution >= 0.6 is 0 Å². The van der Waals surface area contributed by atoms with Crippen LogP contribution in [0.15, 0.2) is 37.5 Å². The number of allylic oxidation sites excluding steroid dienone is 2. The van der Waals surface area contributed by atoms with Crippen molar-refractivity contribution in [3.05, 3.63) is 37.5 Å². The lowest BCUT2D eigenvalue weighted by Gasteiger charge is -2.43. The van der Waals surface area contributed by atoms with E-state index in [1.807, 2.05) is 12.2 Å². The Morgan fingerprint density at radius 1 is 0.878 bits per heavy atom. The summed E-state index contributed by atoms with van der Waals surface area (Å²) in [4.78, 5) is 12.8. The summed E-state index contributed by atoms with van der Waals surface area (Å²) in [6.45, 7) is 35.5. The van der Waals surface area contributed by atoms with Crippen LogP contribution < -0.4 is 0 Å². The number of hydrogen-bond donors (Lipinski definition) is 0. The van der Waals surface area contributed by atoms with E-state index in [1.165, 1.54) is 12.8 Å². The number of unbranched alkanes of at least 4 members (excludes halogenated alkanes) is 3. The molecule has 1 saturated carbocycles. The zero-order valence-corrected chi connectivity index (χ0v) is 31.0. The third kappa shape index (κ3) is 11.6. The summed E-state index contributed by atoms with van der Waals surface area (Å²) in [5.74, 6) is 0.142. The summed E-state index contributed by atoms with van der Waals surface area (Å²) in [5, 5.41) is 0.221. The van der Waals surface area contributed by atoms with Gasteiger partial charge in [-0.1, -0.05) is 92.0 Å². The first-order chi connectivity index (χ1) is 18.7. The monoisotopic (exact) mass is 606 g/mol. The molecule has 5 atom stereocenters. The van der Waals surface area contributed by atoms with Gasteiger partial charge in [0, 0.05) is 24.7 Å². The summed E-state index contributed by atoms with van der Waals surface area (Å²) < 4.78 is 20.4. The van der Waals surface area contributed by atoms with E-state index < -0.39 is 16.6 Å². The predicted molar refractivity (Wildman–Crippen MR) is 182 cm³/mol. The van der Waals surface area contributed by atoms with Gasteiger partial charge in [0.15, 0.2) is 16.6 Å². The molecule has 1 fully saturated rings. The Morgan fingerprint density at radius 2 is 1.49 bits per heavy atom. The number of carbonyl (C=O) groups excluding carboxylic acids is 1. The van der Waals surface area contributed by atoms with E-state index in [-0.39, 0.29) is 45.7 Å². The molecule has 238 valence electrons. The largest absolute Gasteiger partial charge is 0.462 e. The van der Waals surface area contributed by atoms with Crippen LogP contribution in [0.25, 0.3) is 0 Å². The summed E-state index contributed by atoms with van der Waals surface area (Å²) in [5.41, 5.74) is -0.349. The van der Waals surface area contributed by atoms with Crippen molar-refractivity contribution in [2.24, 2.45) is 11.8 Å². The first-order valence-electron chi connectivity index (χ1n) is 16.2. The molecule has 1 unspecified atom stereocenters. The van der Waals surface area contributed by atoms with Crippen LogP contribution in [0.1, 0.15) is 113 Å². The van der Waals surface area contributed by atoms with Crippen LogP contribution in [0.2, 0.25) is 36.3 Å². The van der Waals surface area contributed by atoms with E-state index in [2.05, 4.69) is 107 Å². The molecule has 6 heteroatoms. The Morgan fingerprint density at radius 3 is 2.00 bits per heavy atom. The van der Waals surface area contributed by atoms with Gasteiger partial charge in [-0.2, -0.15) is 0 Å². The smallest absolute Gasteiger partial charge is 0.306 e. The summed E-state index contributed by atoms with van der Waals surface area (Å²) in [7, 11) is -4.07. The van der Waals surface area contributed by atoms with Crippen molar-refractivity contribution in [1.29, 1.82) is 0 Å². The SMILES string of the molecule is C=CCCCC(=O)O[C@H]1CC(O[Si](C)(C)C(C)(C)C)[C@H](/C=C/[C@@](C)(CCCCC)O[Si](C)(C)C(C)(C)C)[C@H]1CC=C. The minimum absolute atomic E-state index is 0.00386. The molecule has 1 aliphatic rings. The number of carbonyl (C=O) groups is 1. The van der Waals surface area contributed by atoms with Gasteiger partial charge in [0.05, 0.1) is 11.7 Å². The number of hydrogen-bond acceptors (Lipinski definition) is 4. The van der Waals surface area contributed by atoms with E-state index >= 15 is 0 Å². The molecule has 1 rings (SSSR count). The maximum absolute atomic E-state index is 12.8. The van der Waals surface area contributed by atoms with Crippen molar-refractivity contribution in [1.82, 2.24) is 0 Å². The molecule has 0 aromatic carbocycles. The molecule has 41 heavy (non-hydrogen) atoms. The molecule has 0 N–H and O–H groups in total. The van der Waals surface area contributed by atoms with Crippen LogP contribution in [-0.2, 0) is 18.4 Å². The van der Waals surface area contributed by atoms with E-state index in [4.69, 9.17) is 13.6 Å². The zero-order chi connectivity index (χ0) is 31.7. The van der Waals surface area contributed by atoms with Crippen molar-refractivity contribution in [2.45, 2.75) is 167 Å². The fraction of sp³-hybridized carbons (Fsp3) is 0.800. The predicted octanol–water partition coefficient (Wildman–Crippen LogP) is 10.8. The van der Waals surface area contributed by atoms with E-state index in [0.29, 0.717) is 6.42 Å². The molecule has 0 aliphatic heterocycles. The topological polar surface area (TPSA) is 44.8 Å². The highest BCUT2D eigenvalue weighted by Gasteiger charge is 2.49. The summed E-state index contributed by atoms with van der Waals surface area (Å²) in [6, 6.07) is 0. The van der Waals surface area contributed by atoms with Gasteiger partial charge < -0.3 is 13.6 Å². The van der Waals surface area contributed by atoms with Crippen molar-refractivity contribution in [2.75, 3.05) is 0 Å². The third-order valence-corrected chi connectivity index (χ3v) is 19.0. The molecule has 0 bridgehead atoms. The molecular weight excluding hydrogens is 541 g/mol. The summed E-state index contributed by atoms with van der Waals surface area (Å²) >= 11 is 0. The molecule has 0 amide bonds. The minimum Gasteiger partial charge on any atom is -0.462 e. The van der Waals surface area contributed by atoms with Crippen molar-refractivity contribution in [3.8, 4) is 0 Å². The average Bonchev–Trinajstić information content (AvgIpc) is 3.11. The van der Waals surface area contributed by atoms with Crippen molar-refractivity contribution < 1.29 is 18.4 Å². The van der Waals surface area contributed by atoms with Gasteiger partial charge in [-0.05, 0) is 68.9 Å². The fourth-order valence-electron chi connectivity index (χ4n) is 5.23. The van der Waals surface area contributed by atoms with Crippen LogP contribution in [0.3, 0.4) is 0 Å². The molecule has 0 heterocycles. The molecule has 0 aromatic heterocycles. The second kappa shape index (κ2) is 15.7. The maximum Gasteiger partial charge on any atom is 0.306 e. The highest BCUT2D eigenvalue weighted by molar-refractivity contribution is 6.74. The van der Waals surface area contributed by atoms with Gasteiger partial charge in [-0.25, -0.2) is 0 Å². The summed E-state index contributed by atoms with van der Waals surface area (Å²) in [6.07, 6.45) is 16.4. The Hall–Kier alpha value is -0.956. The minimum atomic E-state index is -2.06. The normalized spacial score (nSPS) is 23.9. The molecule has 4 nitrogen and oxygen atoms in total.